The van der Waals surface area contributed by atoms with Crippen LogP contribution < -0.4 is 0 Å². The maximum Gasteiger partial charge on any atom is 0.356 e. The van der Waals surface area contributed by atoms with Gasteiger partial charge in [0.05, 0.1) is 18.2 Å². The topological polar surface area (TPSA) is 116 Å². The molecule has 1 saturated heterocycles. The highest BCUT2D eigenvalue weighted by atomic mass is 31.2. The second kappa shape index (κ2) is 6.01. The maximum atomic E-state index is 11.4. The van der Waals surface area contributed by atoms with Crippen LogP contribution in [0, 0.1) is 0 Å². The molecule has 0 aromatic carbocycles. The summed E-state index contributed by atoms with van der Waals surface area (Å²) in [5.74, 6) is -1.47. The van der Waals surface area contributed by atoms with Crippen LogP contribution in [0.4, 0.5) is 0 Å². The van der Waals surface area contributed by atoms with Crippen molar-refractivity contribution in [3.05, 3.63) is 0 Å². The highest BCUT2D eigenvalue weighted by molar-refractivity contribution is 7.53. The van der Waals surface area contributed by atoms with Crippen molar-refractivity contribution in [2.24, 2.45) is 0 Å². The van der Waals surface area contributed by atoms with Gasteiger partial charge >= 0.3 is 7.60 Å². The molecule has 7 atom stereocenters. The summed E-state index contributed by atoms with van der Waals surface area (Å²) in [6.45, 7) is 2.71. The first-order valence-electron chi connectivity index (χ1n) is 5.85. The van der Waals surface area contributed by atoms with Gasteiger partial charge in [0, 0.05) is 6.42 Å². The normalized spacial score (nSPS) is 39.2. The van der Waals surface area contributed by atoms with E-state index < -0.39 is 43.9 Å². The Balaban J connectivity index is 2.51. The van der Waals surface area contributed by atoms with Crippen molar-refractivity contribution in [1.82, 2.24) is 0 Å². The van der Waals surface area contributed by atoms with Gasteiger partial charge in [-0.25, -0.2) is 0 Å². The van der Waals surface area contributed by atoms with Crippen LogP contribution in [-0.2, 0) is 13.8 Å². The van der Waals surface area contributed by atoms with E-state index in [4.69, 9.17) is 14.4 Å². The molecule has 0 aromatic heterocycles. The number of aliphatic hydroxyl groups excluding tert-OH is 3. The smallest absolute Gasteiger partial charge is 0.356 e. The van der Waals surface area contributed by atoms with E-state index >= 15 is 0 Å². The van der Waals surface area contributed by atoms with Crippen molar-refractivity contribution >= 4 is 15.4 Å². The Bertz CT molecular complexity index is 326. The summed E-state index contributed by atoms with van der Waals surface area (Å²) in [6, 6.07) is -0.491. The Kier molecular flexibility index (Phi) is 5.38. The first-order valence-corrected chi connectivity index (χ1v) is 7.50. The van der Waals surface area contributed by atoms with E-state index in [0.29, 0.717) is 0 Å². The zero-order valence-corrected chi connectivity index (χ0v) is 11.5. The number of hydrogen-bond donors (Lipinski definition) is 4. The maximum absolute atomic E-state index is 11.4. The average Bonchev–Trinajstić information content (AvgIpc) is 2.45. The number of hydrogen-bond acceptors (Lipinski definition) is 6. The van der Waals surface area contributed by atoms with Crippen molar-refractivity contribution in [1.29, 1.82) is 0 Å². The average molecular weight is 282 g/mol. The van der Waals surface area contributed by atoms with Gasteiger partial charge in [0.15, 0.2) is 5.85 Å². The molecule has 1 rings (SSSR count). The summed E-state index contributed by atoms with van der Waals surface area (Å²) in [5, 5.41) is 28.3. The van der Waals surface area contributed by atoms with Crippen LogP contribution in [0.2, 0.25) is 0 Å². The lowest BCUT2D eigenvalue weighted by Gasteiger charge is -2.23. The largest absolute Gasteiger partial charge is 0.388 e. The summed E-state index contributed by atoms with van der Waals surface area (Å²) >= 11 is 0. The molecule has 18 heavy (non-hydrogen) atoms. The van der Waals surface area contributed by atoms with Gasteiger partial charge in [-0.1, -0.05) is 0 Å². The van der Waals surface area contributed by atoms with Gasteiger partial charge in [0.1, 0.15) is 20.1 Å². The van der Waals surface area contributed by atoms with Crippen molar-refractivity contribution in [3.63, 3.8) is 0 Å². The van der Waals surface area contributed by atoms with E-state index in [1.54, 1.807) is 7.85 Å². The molecule has 1 aliphatic rings. The SMILES string of the molecule is B[C@@H]1O[C@H](C[C@H](C)OP(=O)(O)C(C)O)C(O)[C@@H]1O. The van der Waals surface area contributed by atoms with Gasteiger partial charge < -0.3 is 29.5 Å². The number of ether oxygens (including phenoxy) is 1. The lowest BCUT2D eigenvalue weighted by atomic mass is 9.92. The minimum Gasteiger partial charge on any atom is -0.388 e. The molecule has 0 bridgehead atoms. The fourth-order valence-electron chi connectivity index (χ4n) is 1.85. The van der Waals surface area contributed by atoms with Crippen molar-refractivity contribution in [2.45, 2.75) is 56.5 Å². The molecule has 7 nitrogen and oxygen atoms in total. The van der Waals surface area contributed by atoms with Crippen LogP contribution in [-0.4, -0.2) is 64.3 Å². The number of aliphatic hydroxyl groups is 3. The van der Waals surface area contributed by atoms with Crippen LogP contribution in [0.25, 0.3) is 0 Å². The molecule has 0 spiro atoms. The van der Waals surface area contributed by atoms with E-state index in [-0.39, 0.29) is 6.42 Å². The van der Waals surface area contributed by atoms with Gasteiger partial charge in [-0.2, -0.15) is 0 Å². The zero-order chi connectivity index (χ0) is 14.1. The van der Waals surface area contributed by atoms with Crippen LogP contribution >= 0.6 is 7.60 Å². The van der Waals surface area contributed by atoms with E-state index in [1.165, 1.54) is 13.8 Å². The Labute approximate surface area is 107 Å². The van der Waals surface area contributed by atoms with Gasteiger partial charge in [0.2, 0.25) is 0 Å². The zero-order valence-electron chi connectivity index (χ0n) is 10.6. The molecule has 3 unspecified atom stereocenters. The predicted octanol–water partition coefficient (Wildman–Crippen LogP) is -1.61. The highest BCUT2D eigenvalue weighted by Gasteiger charge is 2.41. The monoisotopic (exact) mass is 282 g/mol. The molecule has 9 heteroatoms. The summed E-state index contributed by atoms with van der Waals surface area (Å²) in [6.07, 6.45) is -3.21. The van der Waals surface area contributed by atoms with Gasteiger partial charge in [-0.05, 0) is 13.8 Å². The molecular formula is C9H20BO7P. The first-order chi connectivity index (χ1) is 8.15. The molecule has 1 heterocycles. The van der Waals surface area contributed by atoms with E-state index in [1.807, 2.05) is 0 Å². The van der Waals surface area contributed by atoms with E-state index in [0.717, 1.165) is 0 Å². The fourth-order valence-corrected chi connectivity index (χ4v) is 2.62. The first kappa shape index (κ1) is 16.1. The molecule has 0 radical (unpaired) electrons. The highest BCUT2D eigenvalue weighted by Crippen LogP contribution is 2.47. The minimum atomic E-state index is -4.07. The Morgan fingerprint density at radius 3 is 2.33 bits per heavy atom. The van der Waals surface area contributed by atoms with Gasteiger partial charge in [-0.3, -0.25) is 4.57 Å². The molecule has 106 valence electrons. The molecule has 1 aliphatic heterocycles. The molecule has 0 saturated carbocycles. The Hall–Kier alpha value is 0.0549. The quantitative estimate of drug-likeness (QED) is 0.354. The second-order valence-corrected chi connectivity index (χ2v) is 6.79. The molecule has 0 aliphatic carbocycles. The minimum absolute atomic E-state index is 0.153. The van der Waals surface area contributed by atoms with Crippen molar-refractivity contribution in [2.75, 3.05) is 0 Å². The molecule has 4 N–H and O–H groups in total. The standard InChI is InChI=1S/C9H20BO7P/c1-4(17-18(14,15)5(2)11)3-6-7(12)8(13)9(10)16-6/h4-9,11-13H,3,10H2,1-2H3,(H,14,15)/t4-,5?,6+,7?,8-,9+/m0/s1. The lowest BCUT2D eigenvalue weighted by Crippen LogP contribution is -2.34. The molecule has 0 aromatic rings. The Morgan fingerprint density at radius 2 is 1.94 bits per heavy atom. The van der Waals surface area contributed by atoms with Crippen LogP contribution in [0.5, 0.6) is 0 Å². The second-order valence-electron chi connectivity index (χ2n) is 4.71. The third kappa shape index (κ3) is 3.77. The molecular weight excluding hydrogens is 262 g/mol. The van der Waals surface area contributed by atoms with E-state index in [2.05, 4.69) is 0 Å². The van der Waals surface area contributed by atoms with Crippen molar-refractivity contribution < 1.29 is 34.0 Å². The van der Waals surface area contributed by atoms with Crippen LogP contribution in [0.1, 0.15) is 20.3 Å². The van der Waals surface area contributed by atoms with Crippen molar-refractivity contribution in [3.8, 4) is 0 Å². The van der Waals surface area contributed by atoms with Crippen LogP contribution in [0.15, 0.2) is 0 Å². The number of rotatable bonds is 5. The van der Waals surface area contributed by atoms with Crippen LogP contribution in [0.3, 0.4) is 0 Å². The summed E-state index contributed by atoms with van der Waals surface area (Å²) < 4.78 is 21.6. The third-order valence-corrected chi connectivity index (χ3v) is 4.58. The Morgan fingerprint density at radius 1 is 1.39 bits per heavy atom. The summed E-state index contributed by atoms with van der Waals surface area (Å²) in [5.41, 5.74) is 0. The molecule has 0 amide bonds. The summed E-state index contributed by atoms with van der Waals surface area (Å²) in [4.78, 5) is 9.34. The summed E-state index contributed by atoms with van der Waals surface area (Å²) in [7, 11) is -2.44. The predicted molar refractivity (Wildman–Crippen MR) is 65.9 cm³/mol. The lowest BCUT2D eigenvalue weighted by molar-refractivity contribution is -0.00247. The van der Waals surface area contributed by atoms with Gasteiger partial charge in [0.25, 0.3) is 0 Å². The van der Waals surface area contributed by atoms with E-state index in [9.17, 15) is 19.7 Å². The van der Waals surface area contributed by atoms with Gasteiger partial charge in [-0.15, -0.1) is 0 Å². The third-order valence-electron chi connectivity index (χ3n) is 2.97. The molecule has 1 fully saturated rings. The fraction of sp³-hybridized carbons (Fsp3) is 1.00.